The second kappa shape index (κ2) is 8.52. The number of ether oxygens (including phenoxy) is 1. The van der Waals surface area contributed by atoms with E-state index in [2.05, 4.69) is 4.74 Å². The first-order valence-corrected chi connectivity index (χ1v) is 8.82. The third-order valence-electron chi connectivity index (χ3n) is 4.35. The molecule has 0 atom stereocenters. The lowest BCUT2D eigenvalue weighted by atomic mass is 10.1. The van der Waals surface area contributed by atoms with Gasteiger partial charge in [-0.1, -0.05) is 23.7 Å². The second-order valence-corrected chi connectivity index (χ2v) is 6.49. The van der Waals surface area contributed by atoms with Crippen LogP contribution in [0, 0.1) is 5.82 Å². The summed E-state index contributed by atoms with van der Waals surface area (Å²) in [5.41, 5.74) is 0.211. The summed E-state index contributed by atoms with van der Waals surface area (Å²) in [7, 11) is 0. The summed E-state index contributed by atoms with van der Waals surface area (Å²) in [5, 5.41) is 0.0154. The molecule has 1 aliphatic heterocycles. The minimum Gasteiger partial charge on any atom is -0.434 e. The van der Waals surface area contributed by atoms with Crippen molar-refractivity contribution in [2.24, 2.45) is 0 Å². The summed E-state index contributed by atoms with van der Waals surface area (Å²) in [4.78, 5) is 28.2. The van der Waals surface area contributed by atoms with Gasteiger partial charge in [-0.3, -0.25) is 9.59 Å². The number of carbonyl (C=O) groups is 2. The number of nitrogens with zero attached hydrogens (tertiary/aromatic N) is 2. The molecule has 1 fully saturated rings. The first kappa shape index (κ1) is 20.0. The van der Waals surface area contributed by atoms with Gasteiger partial charge in [0.05, 0.1) is 16.1 Å². The summed E-state index contributed by atoms with van der Waals surface area (Å²) in [6.45, 7) is -2.14. The van der Waals surface area contributed by atoms with Gasteiger partial charge in [-0.05, 0) is 30.3 Å². The van der Waals surface area contributed by atoms with E-state index in [1.165, 1.54) is 34.1 Å². The maximum atomic E-state index is 13.2. The zero-order valence-corrected chi connectivity index (χ0v) is 15.3. The van der Waals surface area contributed by atoms with Crippen LogP contribution in [-0.2, 0) is 0 Å². The number of piperazine rings is 1. The predicted octanol–water partition coefficient (Wildman–Crippen LogP) is 3.68. The molecule has 0 unspecified atom stereocenters. The van der Waals surface area contributed by atoms with E-state index < -0.39 is 18.3 Å². The molecule has 1 aliphatic rings. The predicted molar refractivity (Wildman–Crippen MR) is 96.3 cm³/mol. The minimum absolute atomic E-state index is 0.0154. The fourth-order valence-corrected chi connectivity index (χ4v) is 3.21. The van der Waals surface area contributed by atoms with Crippen LogP contribution in [0.3, 0.4) is 0 Å². The lowest BCUT2D eigenvalue weighted by Gasteiger charge is -2.35. The number of rotatable bonds is 4. The highest BCUT2D eigenvalue weighted by atomic mass is 35.5. The van der Waals surface area contributed by atoms with Gasteiger partial charge in [0.25, 0.3) is 11.8 Å². The molecule has 2 amide bonds. The molecule has 0 bridgehead atoms. The lowest BCUT2D eigenvalue weighted by Crippen LogP contribution is -2.50. The maximum absolute atomic E-state index is 13.2. The van der Waals surface area contributed by atoms with Gasteiger partial charge in [0.1, 0.15) is 11.6 Å². The van der Waals surface area contributed by atoms with E-state index in [0.29, 0.717) is 0 Å². The fourth-order valence-electron chi connectivity index (χ4n) is 2.96. The van der Waals surface area contributed by atoms with Crippen LogP contribution in [0.15, 0.2) is 42.5 Å². The molecule has 0 aliphatic carbocycles. The van der Waals surface area contributed by atoms with Crippen LogP contribution in [0.25, 0.3) is 0 Å². The molecular formula is C19H16ClF3N2O3. The molecule has 3 rings (SSSR count). The molecule has 1 saturated heterocycles. The van der Waals surface area contributed by atoms with Crippen molar-refractivity contribution < 1.29 is 27.5 Å². The Bertz CT molecular complexity index is 886. The van der Waals surface area contributed by atoms with Crippen molar-refractivity contribution in [1.29, 1.82) is 0 Å². The number of para-hydroxylation sites is 1. The SMILES string of the molecule is O=C(c1ccc(F)cc1Cl)N1CCN(C(=O)c2ccccc2OC(F)F)CC1. The highest BCUT2D eigenvalue weighted by Crippen LogP contribution is 2.24. The molecule has 0 aromatic heterocycles. The van der Waals surface area contributed by atoms with Crippen molar-refractivity contribution >= 4 is 23.4 Å². The summed E-state index contributed by atoms with van der Waals surface area (Å²) >= 11 is 5.93. The number of carbonyl (C=O) groups excluding carboxylic acids is 2. The largest absolute Gasteiger partial charge is 0.434 e. The normalized spacial score (nSPS) is 14.3. The third kappa shape index (κ3) is 4.39. The average Bonchev–Trinajstić information content (AvgIpc) is 2.67. The number of benzene rings is 2. The number of alkyl halides is 2. The van der Waals surface area contributed by atoms with Crippen LogP contribution in [0.5, 0.6) is 5.75 Å². The van der Waals surface area contributed by atoms with E-state index in [-0.39, 0.29) is 54.0 Å². The number of hydrogen-bond donors (Lipinski definition) is 0. The van der Waals surface area contributed by atoms with Gasteiger partial charge in [0, 0.05) is 26.2 Å². The quantitative estimate of drug-likeness (QED) is 0.769. The van der Waals surface area contributed by atoms with Crippen LogP contribution in [-0.4, -0.2) is 54.4 Å². The van der Waals surface area contributed by atoms with Crippen molar-refractivity contribution in [3.63, 3.8) is 0 Å². The van der Waals surface area contributed by atoms with E-state index >= 15 is 0 Å². The summed E-state index contributed by atoms with van der Waals surface area (Å²) in [6.07, 6.45) is 0. The number of amides is 2. The van der Waals surface area contributed by atoms with E-state index in [4.69, 9.17) is 11.6 Å². The van der Waals surface area contributed by atoms with E-state index in [9.17, 15) is 22.8 Å². The third-order valence-corrected chi connectivity index (χ3v) is 4.66. The smallest absolute Gasteiger partial charge is 0.387 e. The Hall–Kier alpha value is -2.74. The highest BCUT2D eigenvalue weighted by molar-refractivity contribution is 6.33. The molecule has 0 saturated carbocycles. The van der Waals surface area contributed by atoms with Crippen LogP contribution >= 0.6 is 11.6 Å². The Morgan fingerprint density at radius 2 is 1.50 bits per heavy atom. The Morgan fingerprint density at radius 3 is 2.07 bits per heavy atom. The van der Waals surface area contributed by atoms with Gasteiger partial charge < -0.3 is 14.5 Å². The average molecular weight is 413 g/mol. The van der Waals surface area contributed by atoms with E-state index in [1.54, 1.807) is 6.07 Å². The van der Waals surface area contributed by atoms with Crippen LogP contribution in [0.2, 0.25) is 5.02 Å². The molecular weight excluding hydrogens is 397 g/mol. The first-order valence-electron chi connectivity index (χ1n) is 8.44. The lowest BCUT2D eigenvalue weighted by molar-refractivity contribution is -0.0503. The Balaban J connectivity index is 1.67. The van der Waals surface area contributed by atoms with Gasteiger partial charge in [0.2, 0.25) is 0 Å². The van der Waals surface area contributed by atoms with Crippen LogP contribution < -0.4 is 4.74 Å². The van der Waals surface area contributed by atoms with Crippen LogP contribution in [0.4, 0.5) is 13.2 Å². The summed E-state index contributed by atoms with van der Waals surface area (Å²) in [6, 6.07) is 9.30. The second-order valence-electron chi connectivity index (χ2n) is 6.08. The number of halogens is 4. The van der Waals surface area contributed by atoms with Crippen molar-refractivity contribution in [2.75, 3.05) is 26.2 Å². The summed E-state index contributed by atoms with van der Waals surface area (Å²) < 4.78 is 42.6. The highest BCUT2D eigenvalue weighted by Gasteiger charge is 2.28. The van der Waals surface area contributed by atoms with Crippen LogP contribution in [0.1, 0.15) is 20.7 Å². The van der Waals surface area contributed by atoms with Crippen molar-refractivity contribution in [2.45, 2.75) is 6.61 Å². The van der Waals surface area contributed by atoms with Gasteiger partial charge in [-0.2, -0.15) is 8.78 Å². The number of hydrogen-bond acceptors (Lipinski definition) is 3. The fraction of sp³-hybridized carbons (Fsp3) is 0.263. The Morgan fingerprint density at radius 1 is 0.929 bits per heavy atom. The molecule has 0 N–H and O–H groups in total. The zero-order valence-electron chi connectivity index (χ0n) is 14.6. The standard InChI is InChI=1S/C19H16ClF3N2O3/c20-15-11-12(21)5-6-13(15)17(26)24-7-9-25(10-8-24)18(27)14-3-1-2-4-16(14)28-19(22)23/h1-6,11,19H,7-10H2. The van der Waals surface area contributed by atoms with Crippen molar-refractivity contribution in [1.82, 2.24) is 9.80 Å². The van der Waals surface area contributed by atoms with Gasteiger partial charge in [-0.25, -0.2) is 4.39 Å². The molecule has 9 heteroatoms. The van der Waals surface area contributed by atoms with Gasteiger partial charge in [-0.15, -0.1) is 0 Å². The van der Waals surface area contributed by atoms with E-state index in [0.717, 1.165) is 12.1 Å². The van der Waals surface area contributed by atoms with Gasteiger partial charge in [0.15, 0.2) is 0 Å². The minimum atomic E-state index is -3.04. The monoisotopic (exact) mass is 412 g/mol. The Labute approximate surface area is 164 Å². The molecule has 28 heavy (non-hydrogen) atoms. The molecule has 0 spiro atoms. The summed E-state index contributed by atoms with van der Waals surface area (Å²) in [5.74, 6) is -1.55. The molecule has 5 nitrogen and oxygen atoms in total. The molecule has 1 heterocycles. The van der Waals surface area contributed by atoms with Crippen molar-refractivity contribution in [3.05, 3.63) is 64.4 Å². The van der Waals surface area contributed by atoms with Crippen molar-refractivity contribution in [3.8, 4) is 5.75 Å². The molecule has 2 aromatic carbocycles. The molecule has 0 radical (unpaired) electrons. The molecule has 148 valence electrons. The van der Waals surface area contributed by atoms with Gasteiger partial charge >= 0.3 is 6.61 Å². The molecule has 2 aromatic rings. The van der Waals surface area contributed by atoms with E-state index in [1.807, 2.05) is 0 Å². The maximum Gasteiger partial charge on any atom is 0.387 e. The topological polar surface area (TPSA) is 49.9 Å². The Kier molecular flexibility index (Phi) is 6.08. The zero-order chi connectivity index (χ0) is 20.3. The first-order chi connectivity index (χ1) is 13.4.